The summed E-state index contributed by atoms with van der Waals surface area (Å²) in [4.78, 5) is 4.15. The minimum absolute atomic E-state index is 0.203. The van der Waals surface area contributed by atoms with Gasteiger partial charge in [-0.1, -0.05) is 42.1 Å². The molecule has 3 rings (SSSR count). The van der Waals surface area contributed by atoms with Crippen LogP contribution in [0.3, 0.4) is 0 Å². The Morgan fingerprint density at radius 2 is 2.06 bits per heavy atom. The number of benzene rings is 1. The van der Waals surface area contributed by atoms with E-state index in [1.807, 2.05) is 18.2 Å². The van der Waals surface area contributed by atoms with Gasteiger partial charge >= 0.3 is 0 Å². The van der Waals surface area contributed by atoms with E-state index in [2.05, 4.69) is 27.3 Å². The predicted molar refractivity (Wildman–Crippen MR) is 74.0 cm³/mol. The van der Waals surface area contributed by atoms with Crippen molar-refractivity contribution in [2.24, 2.45) is 5.92 Å². The van der Waals surface area contributed by atoms with Crippen LogP contribution in [0.25, 0.3) is 0 Å². The maximum Gasteiger partial charge on any atom is 0.183 e. The van der Waals surface area contributed by atoms with Crippen LogP contribution in [-0.2, 0) is 0 Å². The topological polar surface area (TPSA) is 41.6 Å². The van der Waals surface area contributed by atoms with Crippen LogP contribution in [0.4, 0.5) is 0 Å². The standard InChI is InChI=1S/C12H11Cl2N3S/c13-12(14)6-9(12)10(8-4-2-1-3-5-8)18-11-15-7-16-17-11/h1-5,7,9-10H,6H2,(H,15,16,17). The molecule has 1 aliphatic carbocycles. The predicted octanol–water partition coefficient (Wildman–Crippen LogP) is 3.83. The van der Waals surface area contributed by atoms with Gasteiger partial charge in [0.25, 0.3) is 0 Å². The normalized spacial score (nSPS) is 22.7. The molecule has 0 amide bonds. The lowest BCUT2D eigenvalue weighted by molar-refractivity contribution is 0.790. The molecular weight excluding hydrogens is 289 g/mol. The third kappa shape index (κ3) is 2.51. The minimum atomic E-state index is -0.604. The van der Waals surface area contributed by atoms with E-state index in [4.69, 9.17) is 23.2 Å². The zero-order valence-electron chi connectivity index (χ0n) is 9.38. The van der Waals surface area contributed by atoms with Gasteiger partial charge in [-0.25, -0.2) is 4.98 Å². The second-order valence-corrected chi connectivity index (χ2v) is 6.98. The van der Waals surface area contributed by atoms with Gasteiger partial charge in [0.1, 0.15) is 10.7 Å². The molecule has 1 aliphatic rings. The summed E-state index contributed by atoms with van der Waals surface area (Å²) in [5.41, 5.74) is 1.21. The van der Waals surface area contributed by atoms with E-state index in [1.165, 1.54) is 11.9 Å². The number of aromatic amines is 1. The number of hydrogen-bond donors (Lipinski definition) is 1. The number of nitrogens with one attached hydrogen (secondary N) is 1. The molecule has 1 fully saturated rings. The van der Waals surface area contributed by atoms with E-state index >= 15 is 0 Å². The van der Waals surface area contributed by atoms with Crippen molar-refractivity contribution in [3.05, 3.63) is 42.2 Å². The van der Waals surface area contributed by atoms with E-state index in [0.717, 1.165) is 11.6 Å². The van der Waals surface area contributed by atoms with Gasteiger partial charge < -0.3 is 0 Å². The fourth-order valence-corrected chi connectivity index (χ4v) is 3.93. The maximum absolute atomic E-state index is 6.20. The minimum Gasteiger partial charge on any atom is -0.254 e. The fraction of sp³-hybridized carbons (Fsp3) is 0.333. The van der Waals surface area contributed by atoms with Crippen LogP contribution in [0, 0.1) is 5.92 Å². The maximum atomic E-state index is 6.20. The van der Waals surface area contributed by atoms with Crippen molar-refractivity contribution in [2.75, 3.05) is 0 Å². The first kappa shape index (κ1) is 12.3. The summed E-state index contributed by atoms with van der Waals surface area (Å²) in [6.07, 6.45) is 2.32. The lowest BCUT2D eigenvalue weighted by Gasteiger charge is -2.15. The van der Waals surface area contributed by atoms with Gasteiger partial charge in [-0.05, 0) is 12.0 Å². The molecule has 1 aromatic carbocycles. The lowest BCUT2D eigenvalue weighted by Crippen LogP contribution is -2.03. The summed E-state index contributed by atoms with van der Waals surface area (Å²) in [7, 11) is 0. The second-order valence-electron chi connectivity index (χ2n) is 4.31. The van der Waals surface area contributed by atoms with Gasteiger partial charge in [-0.3, -0.25) is 5.10 Å². The highest BCUT2D eigenvalue weighted by atomic mass is 35.5. The number of nitrogens with zero attached hydrogens (tertiary/aromatic N) is 2. The smallest absolute Gasteiger partial charge is 0.183 e. The molecule has 0 radical (unpaired) electrons. The van der Waals surface area contributed by atoms with Crippen LogP contribution >= 0.6 is 35.0 Å². The van der Waals surface area contributed by atoms with Gasteiger partial charge in [0.15, 0.2) is 5.16 Å². The zero-order valence-corrected chi connectivity index (χ0v) is 11.7. The number of hydrogen-bond acceptors (Lipinski definition) is 3. The molecule has 0 spiro atoms. The van der Waals surface area contributed by atoms with Crippen molar-refractivity contribution in [1.82, 2.24) is 15.2 Å². The summed E-state index contributed by atoms with van der Waals surface area (Å²) in [6, 6.07) is 10.2. The molecule has 2 aromatic rings. The molecule has 0 saturated heterocycles. The Morgan fingerprint density at radius 3 is 2.61 bits per heavy atom. The Kier molecular flexibility index (Phi) is 3.26. The largest absolute Gasteiger partial charge is 0.254 e. The molecule has 1 N–H and O–H groups in total. The summed E-state index contributed by atoms with van der Waals surface area (Å²) < 4.78 is -0.604. The van der Waals surface area contributed by atoms with Crippen LogP contribution in [0.1, 0.15) is 17.2 Å². The fourth-order valence-electron chi connectivity index (χ4n) is 1.96. The monoisotopic (exact) mass is 299 g/mol. The Bertz CT molecular complexity index is 515. The zero-order chi connectivity index (χ0) is 12.6. The Morgan fingerprint density at radius 1 is 1.33 bits per heavy atom. The van der Waals surface area contributed by atoms with E-state index in [0.29, 0.717) is 0 Å². The van der Waals surface area contributed by atoms with Crippen LogP contribution < -0.4 is 0 Å². The molecule has 94 valence electrons. The summed E-state index contributed by atoms with van der Waals surface area (Å²) in [5, 5.41) is 7.72. The second kappa shape index (κ2) is 4.76. The first-order valence-electron chi connectivity index (χ1n) is 5.61. The first-order valence-corrected chi connectivity index (χ1v) is 7.25. The van der Waals surface area contributed by atoms with Crippen molar-refractivity contribution in [2.45, 2.75) is 21.2 Å². The summed E-state index contributed by atoms with van der Waals surface area (Å²) in [5.74, 6) is 0.248. The third-order valence-corrected chi connectivity index (χ3v) is 5.14. The van der Waals surface area contributed by atoms with Gasteiger partial charge in [-0.15, -0.1) is 23.2 Å². The van der Waals surface area contributed by atoms with Crippen molar-refractivity contribution in [3.63, 3.8) is 0 Å². The first-order chi connectivity index (χ1) is 8.67. The quantitative estimate of drug-likeness (QED) is 0.689. The van der Waals surface area contributed by atoms with Crippen LogP contribution in [-0.4, -0.2) is 19.5 Å². The van der Waals surface area contributed by atoms with Crippen LogP contribution in [0.5, 0.6) is 0 Å². The summed E-state index contributed by atoms with van der Waals surface area (Å²) >= 11 is 14.0. The average Bonchev–Trinajstić information content (AvgIpc) is 2.80. The van der Waals surface area contributed by atoms with E-state index < -0.39 is 4.33 Å². The summed E-state index contributed by atoms with van der Waals surface area (Å²) in [6.45, 7) is 0. The highest BCUT2D eigenvalue weighted by molar-refractivity contribution is 7.99. The van der Waals surface area contributed by atoms with Gasteiger partial charge in [0.2, 0.25) is 0 Å². The molecule has 3 nitrogen and oxygen atoms in total. The average molecular weight is 300 g/mol. The number of H-pyrrole nitrogens is 1. The number of rotatable bonds is 4. The van der Waals surface area contributed by atoms with E-state index in [-0.39, 0.29) is 11.2 Å². The molecule has 2 atom stereocenters. The molecule has 0 aliphatic heterocycles. The van der Waals surface area contributed by atoms with Crippen LogP contribution in [0.2, 0.25) is 0 Å². The highest BCUT2D eigenvalue weighted by Crippen LogP contribution is 2.63. The Labute approximate surface area is 119 Å². The lowest BCUT2D eigenvalue weighted by atomic mass is 10.1. The Balaban J connectivity index is 1.85. The molecule has 2 unspecified atom stereocenters. The number of alkyl halides is 2. The molecule has 1 saturated carbocycles. The van der Waals surface area contributed by atoms with Gasteiger partial charge in [0.05, 0.1) is 0 Å². The van der Waals surface area contributed by atoms with E-state index in [1.54, 1.807) is 11.8 Å². The highest BCUT2D eigenvalue weighted by Gasteiger charge is 2.56. The van der Waals surface area contributed by atoms with Gasteiger partial charge in [-0.2, -0.15) is 5.10 Å². The molecule has 18 heavy (non-hydrogen) atoms. The van der Waals surface area contributed by atoms with Crippen molar-refractivity contribution >= 4 is 35.0 Å². The number of halogens is 2. The molecular formula is C12H11Cl2N3S. The van der Waals surface area contributed by atoms with Crippen molar-refractivity contribution < 1.29 is 0 Å². The van der Waals surface area contributed by atoms with E-state index in [9.17, 15) is 0 Å². The molecule has 0 bridgehead atoms. The van der Waals surface area contributed by atoms with Crippen molar-refractivity contribution in [3.8, 4) is 0 Å². The molecule has 1 heterocycles. The number of aromatic nitrogens is 3. The third-order valence-electron chi connectivity index (χ3n) is 3.00. The van der Waals surface area contributed by atoms with Crippen molar-refractivity contribution in [1.29, 1.82) is 0 Å². The van der Waals surface area contributed by atoms with Gasteiger partial charge in [0, 0.05) is 11.2 Å². The molecule has 6 heteroatoms. The van der Waals surface area contributed by atoms with Crippen LogP contribution in [0.15, 0.2) is 41.8 Å². The number of thioether (sulfide) groups is 1. The Hall–Kier alpha value is -0.710. The SMILES string of the molecule is ClC1(Cl)CC1C(Sc1ncn[nH]1)c1ccccc1. The molecule has 1 aromatic heterocycles.